The summed E-state index contributed by atoms with van der Waals surface area (Å²) < 4.78 is 13.2. The van der Waals surface area contributed by atoms with Gasteiger partial charge < -0.3 is 5.11 Å². The molecule has 0 spiro atoms. The number of carboxylic acids is 1. The molecular formula is C12H10FNO2. The van der Waals surface area contributed by atoms with E-state index in [4.69, 9.17) is 5.11 Å². The second-order valence-electron chi connectivity index (χ2n) is 3.74. The molecule has 0 atom stereocenters. The Morgan fingerprint density at radius 3 is 2.62 bits per heavy atom. The molecule has 1 aromatic heterocycles. The lowest BCUT2D eigenvalue weighted by Gasteiger charge is -2.06. The Hall–Kier alpha value is -1.97. The number of halogens is 1. The van der Waals surface area contributed by atoms with Gasteiger partial charge in [-0.2, -0.15) is 0 Å². The fraction of sp³-hybridized carbons (Fsp3) is 0.167. The minimum absolute atomic E-state index is 0.0956. The number of hydrogen-bond donors (Lipinski definition) is 1. The standard InChI is InChI=1S/C12H10FNO2/c1-6-3-7(2)14-11-9(6)4-8(13)5-10(11)12(15)16/h3-5H,1-2H3,(H,15,16). The second kappa shape index (κ2) is 3.56. The molecule has 0 fully saturated rings. The number of aryl methyl sites for hydroxylation is 2. The zero-order chi connectivity index (χ0) is 11.9. The Morgan fingerprint density at radius 2 is 2.00 bits per heavy atom. The molecule has 0 saturated carbocycles. The first-order valence-corrected chi connectivity index (χ1v) is 4.80. The van der Waals surface area contributed by atoms with Crippen LogP contribution in [0, 0.1) is 19.7 Å². The molecule has 0 unspecified atom stereocenters. The molecule has 4 heteroatoms. The molecule has 0 amide bonds. The molecule has 0 aliphatic carbocycles. The van der Waals surface area contributed by atoms with Gasteiger partial charge in [0.2, 0.25) is 0 Å². The Balaban J connectivity index is 2.95. The highest BCUT2D eigenvalue weighted by molar-refractivity contribution is 6.02. The Morgan fingerprint density at radius 1 is 1.31 bits per heavy atom. The van der Waals surface area contributed by atoms with Crippen molar-refractivity contribution in [1.82, 2.24) is 4.98 Å². The van der Waals surface area contributed by atoms with Gasteiger partial charge in [0, 0.05) is 11.1 Å². The average molecular weight is 219 g/mol. The Bertz CT molecular complexity index is 593. The van der Waals surface area contributed by atoms with E-state index in [1.807, 2.05) is 6.92 Å². The maximum absolute atomic E-state index is 13.2. The highest BCUT2D eigenvalue weighted by atomic mass is 19.1. The number of rotatable bonds is 1. The van der Waals surface area contributed by atoms with E-state index < -0.39 is 11.8 Å². The molecule has 1 aromatic carbocycles. The minimum Gasteiger partial charge on any atom is -0.478 e. The number of carboxylic acid groups (broad SMARTS) is 1. The predicted molar refractivity (Wildman–Crippen MR) is 58.1 cm³/mol. The smallest absolute Gasteiger partial charge is 0.338 e. The second-order valence-corrected chi connectivity index (χ2v) is 3.74. The van der Waals surface area contributed by atoms with Crippen LogP contribution in [0.1, 0.15) is 21.6 Å². The van der Waals surface area contributed by atoms with Crippen LogP contribution in [-0.4, -0.2) is 16.1 Å². The first-order chi connectivity index (χ1) is 7.49. The average Bonchev–Trinajstić information content (AvgIpc) is 2.18. The normalized spacial score (nSPS) is 10.7. The largest absolute Gasteiger partial charge is 0.478 e. The zero-order valence-electron chi connectivity index (χ0n) is 8.91. The van der Waals surface area contributed by atoms with Gasteiger partial charge in [-0.1, -0.05) is 0 Å². The Labute approximate surface area is 91.5 Å². The molecule has 0 saturated heterocycles. The third-order valence-electron chi connectivity index (χ3n) is 2.44. The summed E-state index contributed by atoms with van der Waals surface area (Å²) in [5, 5.41) is 9.53. The zero-order valence-corrected chi connectivity index (χ0v) is 8.91. The van der Waals surface area contributed by atoms with E-state index >= 15 is 0 Å². The van der Waals surface area contributed by atoms with Crippen molar-refractivity contribution in [1.29, 1.82) is 0 Å². The van der Waals surface area contributed by atoms with Crippen molar-refractivity contribution in [3.05, 3.63) is 40.8 Å². The van der Waals surface area contributed by atoms with E-state index in [1.54, 1.807) is 13.0 Å². The van der Waals surface area contributed by atoms with Crippen LogP contribution in [0.5, 0.6) is 0 Å². The number of aromatic nitrogens is 1. The quantitative estimate of drug-likeness (QED) is 0.802. The number of carbonyl (C=O) groups is 1. The van der Waals surface area contributed by atoms with Gasteiger partial charge in [0.1, 0.15) is 5.82 Å². The van der Waals surface area contributed by atoms with Gasteiger partial charge in [-0.25, -0.2) is 9.18 Å². The van der Waals surface area contributed by atoms with Gasteiger partial charge in [0.05, 0.1) is 11.1 Å². The van der Waals surface area contributed by atoms with E-state index in [0.29, 0.717) is 10.9 Å². The van der Waals surface area contributed by atoms with Gasteiger partial charge in [-0.15, -0.1) is 0 Å². The van der Waals surface area contributed by atoms with E-state index in [0.717, 1.165) is 17.3 Å². The van der Waals surface area contributed by atoms with Crippen LogP contribution in [0.3, 0.4) is 0 Å². The summed E-state index contributed by atoms with van der Waals surface area (Å²) in [5.41, 5.74) is 1.79. The van der Waals surface area contributed by atoms with Gasteiger partial charge in [0.15, 0.2) is 0 Å². The van der Waals surface area contributed by atoms with E-state index in [2.05, 4.69) is 4.98 Å². The molecule has 2 rings (SSSR count). The number of aromatic carboxylic acids is 1. The summed E-state index contributed by atoms with van der Waals surface area (Å²) in [7, 11) is 0. The molecule has 82 valence electrons. The molecule has 0 radical (unpaired) electrons. The maximum Gasteiger partial charge on any atom is 0.338 e. The first kappa shape index (κ1) is 10.5. The SMILES string of the molecule is Cc1cc(C)c2cc(F)cc(C(=O)O)c2n1. The van der Waals surface area contributed by atoms with Crippen molar-refractivity contribution in [3.63, 3.8) is 0 Å². The van der Waals surface area contributed by atoms with Crippen LogP contribution in [0.4, 0.5) is 4.39 Å². The van der Waals surface area contributed by atoms with Crippen LogP contribution >= 0.6 is 0 Å². The van der Waals surface area contributed by atoms with Crippen molar-refractivity contribution in [2.24, 2.45) is 0 Å². The highest BCUT2D eigenvalue weighted by Gasteiger charge is 2.13. The lowest BCUT2D eigenvalue weighted by molar-refractivity contribution is 0.0698. The molecular weight excluding hydrogens is 209 g/mol. The number of nitrogens with zero attached hydrogens (tertiary/aromatic N) is 1. The topological polar surface area (TPSA) is 50.2 Å². The van der Waals surface area contributed by atoms with Crippen LogP contribution in [0.15, 0.2) is 18.2 Å². The number of benzene rings is 1. The molecule has 1 N–H and O–H groups in total. The highest BCUT2D eigenvalue weighted by Crippen LogP contribution is 2.22. The van der Waals surface area contributed by atoms with Crippen LogP contribution < -0.4 is 0 Å². The fourth-order valence-electron chi connectivity index (χ4n) is 1.78. The van der Waals surface area contributed by atoms with Crippen molar-refractivity contribution < 1.29 is 14.3 Å². The van der Waals surface area contributed by atoms with Crippen molar-refractivity contribution in [2.45, 2.75) is 13.8 Å². The summed E-state index contributed by atoms with van der Waals surface area (Å²) in [5.74, 6) is -1.72. The first-order valence-electron chi connectivity index (χ1n) is 4.80. The fourth-order valence-corrected chi connectivity index (χ4v) is 1.78. The molecule has 2 aromatic rings. The van der Waals surface area contributed by atoms with E-state index in [-0.39, 0.29) is 5.56 Å². The van der Waals surface area contributed by atoms with Crippen LogP contribution in [0.2, 0.25) is 0 Å². The molecule has 0 aliphatic rings. The summed E-state index contributed by atoms with van der Waals surface area (Å²) in [4.78, 5) is 15.1. The summed E-state index contributed by atoms with van der Waals surface area (Å²) in [6.45, 7) is 3.59. The van der Waals surface area contributed by atoms with Crippen molar-refractivity contribution in [3.8, 4) is 0 Å². The minimum atomic E-state index is -1.16. The van der Waals surface area contributed by atoms with Gasteiger partial charge in [-0.05, 0) is 37.6 Å². The monoisotopic (exact) mass is 219 g/mol. The summed E-state index contributed by atoms with van der Waals surface area (Å²) >= 11 is 0. The third-order valence-corrected chi connectivity index (χ3v) is 2.44. The summed E-state index contributed by atoms with van der Waals surface area (Å²) in [6.07, 6.45) is 0. The van der Waals surface area contributed by atoms with Gasteiger partial charge in [0.25, 0.3) is 0 Å². The molecule has 16 heavy (non-hydrogen) atoms. The Kier molecular flexibility index (Phi) is 2.34. The summed E-state index contributed by atoms with van der Waals surface area (Å²) in [6, 6.07) is 4.10. The maximum atomic E-state index is 13.2. The number of fused-ring (bicyclic) bond motifs is 1. The lowest BCUT2D eigenvalue weighted by atomic mass is 10.0. The number of hydrogen-bond acceptors (Lipinski definition) is 2. The van der Waals surface area contributed by atoms with E-state index in [1.165, 1.54) is 6.07 Å². The van der Waals surface area contributed by atoms with Gasteiger partial charge >= 0.3 is 5.97 Å². The molecule has 0 aliphatic heterocycles. The van der Waals surface area contributed by atoms with Crippen LogP contribution in [-0.2, 0) is 0 Å². The van der Waals surface area contributed by atoms with E-state index in [9.17, 15) is 9.18 Å². The van der Waals surface area contributed by atoms with Crippen molar-refractivity contribution in [2.75, 3.05) is 0 Å². The predicted octanol–water partition coefficient (Wildman–Crippen LogP) is 2.69. The van der Waals surface area contributed by atoms with Gasteiger partial charge in [-0.3, -0.25) is 4.98 Å². The van der Waals surface area contributed by atoms with Crippen molar-refractivity contribution >= 4 is 16.9 Å². The lowest BCUT2D eigenvalue weighted by Crippen LogP contribution is -2.01. The third kappa shape index (κ3) is 1.62. The molecule has 0 bridgehead atoms. The van der Waals surface area contributed by atoms with Crippen LogP contribution in [0.25, 0.3) is 10.9 Å². The molecule has 1 heterocycles. The number of pyridine rings is 1. The molecule has 3 nitrogen and oxygen atoms in total.